The number of rotatable bonds is 3. The molecule has 2 aromatic rings. The van der Waals surface area contributed by atoms with Crippen molar-refractivity contribution in [3.63, 3.8) is 0 Å². The third-order valence-electron chi connectivity index (χ3n) is 5.70. The molecule has 0 spiro atoms. The van der Waals surface area contributed by atoms with Gasteiger partial charge < -0.3 is 34.6 Å². The lowest BCUT2D eigenvalue weighted by molar-refractivity contribution is 0.0166. The summed E-state index contributed by atoms with van der Waals surface area (Å²) in [6, 6.07) is 2.95. The maximum absolute atomic E-state index is 13.3. The van der Waals surface area contributed by atoms with Crippen LogP contribution in [-0.4, -0.2) is 40.4 Å². The van der Waals surface area contributed by atoms with Crippen LogP contribution >= 0.6 is 0 Å². The molecule has 2 aromatic carbocycles. The van der Waals surface area contributed by atoms with Crippen molar-refractivity contribution >= 4 is 5.78 Å². The summed E-state index contributed by atoms with van der Waals surface area (Å²) in [7, 11) is 2.71. The van der Waals surface area contributed by atoms with Gasteiger partial charge in [-0.2, -0.15) is 0 Å². The molecule has 0 aromatic heterocycles. The number of ether oxygens (including phenoxy) is 3. The van der Waals surface area contributed by atoms with Crippen LogP contribution in [0.25, 0.3) is 0 Å². The van der Waals surface area contributed by atoms with Crippen LogP contribution in [-0.2, 0) is 18.6 Å². The van der Waals surface area contributed by atoms with E-state index in [4.69, 9.17) is 14.2 Å². The van der Waals surface area contributed by atoms with Crippen LogP contribution in [0.3, 0.4) is 0 Å². The Kier molecular flexibility index (Phi) is 3.87. The SMILES string of the molecule is COc1cc2c(c(O)c1O)[C@@]1(C)Oc3c(O)c(OC)cc(CO)c3C(=O)[C@H]1C2. The topological polar surface area (TPSA) is 126 Å². The summed E-state index contributed by atoms with van der Waals surface area (Å²) in [6.45, 7) is 1.18. The largest absolute Gasteiger partial charge is 0.504 e. The minimum atomic E-state index is -1.33. The zero-order valence-electron chi connectivity index (χ0n) is 15.6. The lowest BCUT2D eigenvalue weighted by Gasteiger charge is -2.38. The highest BCUT2D eigenvalue weighted by atomic mass is 16.5. The lowest BCUT2D eigenvalue weighted by Crippen LogP contribution is -2.43. The number of aromatic hydroxyl groups is 3. The third-order valence-corrected chi connectivity index (χ3v) is 5.70. The molecule has 0 amide bonds. The van der Waals surface area contributed by atoms with E-state index in [0.717, 1.165) is 0 Å². The zero-order valence-corrected chi connectivity index (χ0v) is 15.6. The highest BCUT2D eigenvalue weighted by Crippen LogP contribution is 2.59. The average Bonchev–Trinajstić information content (AvgIpc) is 2.98. The Hall–Kier alpha value is -3.13. The molecule has 2 aliphatic rings. The van der Waals surface area contributed by atoms with E-state index in [1.54, 1.807) is 13.0 Å². The average molecular weight is 388 g/mol. The highest BCUT2D eigenvalue weighted by Gasteiger charge is 2.56. The number of ketones is 1. The molecule has 1 aliphatic carbocycles. The second-order valence-electron chi connectivity index (χ2n) is 7.09. The molecule has 1 aliphatic heterocycles. The van der Waals surface area contributed by atoms with Gasteiger partial charge in [0.25, 0.3) is 0 Å². The Labute approximate surface area is 160 Å². The molecule has 0 saturated carbocycles. The Morgan fingerprint density at radius 3 is 2.36 bits per heavy atom. The van der Waals surface area contributed by atoms with Gasteiger partial charge in [-0.05, 0) is 36.6 Å². The van der Waals surface area contributed by atoms with Crippen LogP contribution in [0.1, 0.15) is 34.0 Å². The molecule has 0 unspecified atom stereocenters. The molecule has 148 valence electrons. The molecule has 8 nitrogen and oxygen atoms in total. The molecular weight excluding hydrogens is 368 g/mol. The van der Waals surface area contributed by atoms with Crippen LogP contribution in [0.5, 0.6) is 34.5 Å². The first-order valence-electron chi connectivity index (χ1n) is 8.67. The van der Waals surface area contributed by atoms with Crippen molar-refractivity contribution in [1.82, 2.24) is 0 Å². The number of methoxy groups -OCH3 is 2. The molecule has 0 radical (unpaired) electrons. The second kappa shape index (κ2) is 5.93. The maximum atomic E-state index is 13.3. The first kappa shape index (κ1) is 18.2. The number of phenolic OH excluding ortho intramolecular Hbond substituents is 3. The van der Waals surface area contributed by atoms with Crippen molar-refractivity contribution in [3.05, 3.63) is 34.4 Å². The van der Waals surface area contributed by atoms with Crippen molar-refractivity contribution in [1.29, 1.82) is 0 Å². The molecule has 8 heteroatoms. The van der Waals surface area contributed by atoms with Gasteiger partial charge in [0.2, 0.25) is 11.5 Å². The fraction of sp³-hybridized carbons (Fsp3) is 0.350. The van der Waals surface area contributed by atoms with Crippen molar-refractivity contribution in [2.45, 2.75) is 25.6 Å². The van der Waals surface area contributed by atoms with Crippen molar-refractivity contribution in [2.75, 3.05) is 14.2 Å². The minimum absolute atomic E-state index is 0.0534. The van der Waals surface area contributed by atoms with E-state index >= 15 is 0 Å². The van der Waals surface area contributed by atoms with Gasteiger partial charge in [-0.25, -0.2) is 0 Å². The number of carbonyl (C=O) groups excluding carboxylic acids is 1. The Balaban J connectivity index is 1.97. The second-order valence-corrected chi connectivity index (χ2v) is 7.09. The third kappa shape index (κ3) is 2.12. The standard InChI is InChI=1S/C20H20O8/c1-20-10(4-8-5-11(26-2)16(23)18(25)14(8)20)15(22)13-9(7-21)6-12(27-3)17(24)19(13)28-20/h5-6,10,21,23-25H,4,7H2,1-3H3/t10-,20+/m1/s1. The number of aliphatic hydroxyl groups excluding tert-OH is 1. The summed E-state index contributed by atoms with van der Waals surface area (Å²) in [5.74, 6) is -2.27. The van der Waals surface area contributed by atoms with Gasteiger partial charge in [0, 0.05) is 5.56 Å². The van der Waals surface area contributed by atoms with Gasteiger partial charge in [0.1, 0.15) is 5.60 Å². The van der Waals surface area contributed by atoms with Crippen LogP contribution in [0.4, 0.5) is 0 Å². The molecule has 0 bridgehead atoms. The number of aliphatic hydroxyl groups is 1. The first-order valence-corrected chi connectivity index (χ1v) is 8.67. The summed E-state index contributed by atoms with van der Waals surface area (Å²) < 4.78 is 16.3. The predicted molar refractivity (Wildman–Crippen MR) is 96.4 cm³/mol. The van der Waals surface area contributed by atoms with E-state index in [9.17, 15) is 25.2 Å². The molecule has 1 heterocycles. The monoisotopic (exact) mass is 388 g/mol. The summed E-state index contributed by atoms with van der Waals surface area (Å²) >= 11 is 0. The number of carbonyl (C=O) groups is 1. The zero-order chi connectivity index (χ0) is 20.4. The summed E-state index contributed by atoms with van der Waals surface area (Å²) in [5.41, 5.74) is -0.103. The number of fused-ring (bicyclic) bond motifs is 4. The fourth-order valence-electron chi connectivity index (χ4n) is 4.32. The van der Waals surface area contributed by atoms with Crippen LogP contribution in [0.2, 0.25) is 0 Å². The molecule has 0 saturated heterocycles. The van der Waals surface area contributed by atoms with Gasteiger partial charge >= 0.3 is 0 Å². The number of hydrogen-bond donors (Lipinski definition) is 4. The predicted octanol–water partition coefficient (Wildman–Crippen LogP) is 1.98. The van der Waals surface area contributed by atoms with Crippen LogP contribution in [0.15, 0.2) is 12.1 Å². The van der Waals surface area contributed by atoms with E-state index in [1.165, 1.54) is 20.3 Å². The number of benzene rings is 2. The van der Waals surface area contributed by atoms with E-state index in [0.29, 0.717) is 5.56 Å². The molecular formula is C20H20O8. The Bertz CT molecular complexity index is 1010. The van der Waals surface area contributed by atoms with E-state index < -0.39 is 29.6 Å². The summed E-state index contributed by atoms with van der Waals surface area (Å²) in [6.07, 6.45) is 0.242. The number of hydrogen-bond acceptors (Lipinski definition) is 8. The lowest BCUT2D eigenvalue weighted by atomic mass is 9.79. The molecule has 2 atom stereocenters. The molecule has 4 rings (SSSR count). The number of phenols is 3. The van der Waals surface area contributed by atoms with Crippen molar-refractivity contribution < 1.29 is 39.4 Å². The number of Topliss-reactive ketones (excluding diaryl/α,β-unsaturated/α-hetero) is 1. The van der Waals surface area contributed by atoms with E-state index in [2.05, 4.69) is 0 Å². The quantitative estimate of drug-likeness (QED) is 0.588. The van der Waals surface area contributed by atoms with Gasteiger partial charge in [-0.15, -0.1) is 0 Å². The normalized spacial score (nSPS) is 22.1. The van der Waals surface area contributed by atoms with Crippen LogP contribution in [0, 0.1) is 5.92 Å². The smallest absolute Gasteiger partial charge is 0.201 e. The minimum Gasteiger partial charge on any atom is -0.504 e. The molecule has 28 heavy (non-hydrogen) atoms. The Morgan fingerprint density at radius 1 is 1.11 bits per heavy atom. The maximum Gasteiger partial charge on any atom is 0.201 e. The van der Waals surface area contributed by atoms with Crippen molar-refractivity contribution in [3.8, 4) is 34.5 Å². The molecule has 0 fully saturated rings. The van der Waals surface area contributed by atoms with E-state index in [-0.39, 0.29) is 51.9 Å². The summed E-state index contributed by atoms with van der Waals surface area (Å²) in [4.78, 5) is 13.3. The first-order chi connectivity index (χ1) is 13.3. The van der Waals surface area contributed by atoms with Gasteiger partial charge in [0.05, 0.1) is 32.3 Å². The van der Waals surface area contributed by atoms with Crippen LogP contribution < -0.4 is 14.2 Å². The summed E-state index contributed by atoms with van der Waals surface area (Å²) in [5, 5.41) is 41.1. The Morgan fingerprint density at radius 2 is 1.75 bits per heavy atom. The van der Waals surface area contributed by atoms with Gasteiger partial charge in [0.15, 0.2) is 28.8 Å². The highest BCUT2D eigenvalue weighted by molar-refractivity contribution is 6.05. The van der Waals surface area contributed by atoms with Crippen molar-refractivity contribution in [2.24, 2.45) is 5.92 Å². The molecule has 4 N–H and O–H groups in total. The van der Waals surface area contributed by atoms with E-state index in [1.807, 2.05) is 0 Å². The van der Waals surface area contributed by atoms with Gasteiger partial charge in [-0.3, -0.25) is 4.79 Å². The van der Waals surface area contributed by atoms with Gasteiger partial charge in [-0.1, -0.05) is 0 Å². The fourth-order valence-corrected chi connectivity index (χ4v) is 4.32.